The van der Waals surface area contributed by atoms with Crippen LogP contribution in [0.1, 0.15) is 40.5 Å². The Morgan fingerprint density at radius 3 is 2.43 bits per heavy atom. The molecule has 2 unspecified atom stereocenters. The number of ether oxygens (including phenoxy) is 1. The van der Waals surface area contributed by atoms with Gasteiger partial charge in [0.25, 0.3) is 0 Å². The predicted octanol–water partition coefficient (Wildman–Crippen LogP) is 3.07. The molecule has 1 N–H and O–H groups in total. The van der Waals surface area contributed by atoms with Crippen molar-refractivity contribution in [2.45, 2.75) is 57.1 Å². The van der Waals surface area contributed by atoms with Crippen LogP contribution in [0.5, 0.6) is 0 Å². The van der Waals surface area contributed by atoms with E-state index >= 15 is 0 Å². The number of hydrogen-bond acceptors (Lipinski definition) is 5. The van der Waals surface area contributed by atoms with Crippen molar-refractivity contribution in [1.82, 2.24) is 14.5 Å². The average molecular weight is 444 g/mol. The van der Waals surface area contributed by atoms with Gasteiger partial charge in [0, 0.05) is 39.3 Å². The Bertz CT molecular complexity index is 809. The molecule has 0 spiro atoms. The van der Waals surface area contributed by atoms with Crippen LogP contribution in [-0.2, 0) is 14.8 Å². The van der Waals surface area contributed by atoms with Crippen molar-refractivity contribution in [1.29, 1.82) is 0 Å². The van der Waals surface area contributed by atoms with Gasteiger partial charge in [-0.15, -0.1) is 0 Å². The van der Waals surface area contributed by atoms with E-state index in [0.29, 0.717) is 32.1 Å². The average Bonchev–Trinajstić information content (AvgIpc) is 2.82. The molecule has 1 aliphatic heterocycles. The summed E-state index contributed by atoms with van der Waals surface area (Å²) in [5, 5.41) is 3.44. The van der Waals surface area contributed by atoms with Crippen molar-refractivity contribution in [3.05, 3.63) is 30.1 Å². The van der Waals surface area contributed by atoms with E-state index in [2.05, 4.69) is 12.2 Å². The standard InChI is InChI=1S/C21H34FN3O4S/c1-16-10-13-25(20(26)29-21(2,3)4)14-11-19(16)23-12-15-24(5)30(27,28)18-8-6-17(22)7-9-18/h6-9,16,19,23H,10-15H2,1-5H3. The Hall–Kier alpha value is -1.71. The molecule has 1 aromatic carbocycles. The minimum Gasteiger partial charge on any atom is -0.444 e. The lowest BCUT2D eigenvalue weighted by molar-refractivity contribution is 0.0255. The summed E-state index contributed by atoms with van der Waals surface area (Å²) in [7, 11) is -2.14. The maximum atomic E-state index is 13.1. The third-order valence-corrected chi connectivity index (χ3v) is 7.13. The quantitative estimate of drug-likeness (QED) is 0.731. The van der Waals surface area contributed by atoms with Gasteiger partial charge in [-0.2, -0.15) is 4.31 Å². The van der Waals surface area contributed by atoms with Crippen LogP contribution in [0.2, 0.25) is 0 Å². The maximum absolute atomic E-state index is 13.1. The van der Waals surface area contributed by atoms with Gasteiger partial charge in [0.2, 0.25) is 10.0 Å². The predicted molar refractivity (Wildman–Crippen MR) is 114 cm³/mol. The number of rotatable bonds is 6. The van der Waals surface area contributed by atoms with Gasteiger partial charge in [-0.1, -0.05) is 6.92 Å². The largest absolute Gasteiger partial charge is 0.444 e. The zero-order valence-electron chi connectivity index (χ0n) is 18.5. The normalized spacial score (nSPS) is 20.8. The van der Waals surface area contributed by atoms with Crippen molar-refractivity contribution in [2.24, 2.45) is 5.92 Å². The van der Waals surface area contributed by atoms with Crippen LogP contribution in [0.25, 0.3) is 0 Å². The molecule has 0 saturated carbocycles. The van der Waals surface area contributed by atoms with Gasteiger partial charge in [-0.3, -0.25) is 0 Å². The van der Waals surface area contributed by atoms with E-state index in [-0.39, 0.29) is 17.0 Å². The van der Waals surface area contributed by atoms with Crippen molar-refractivity contribution < 1.29 is 22.3 Å². The first-order chi connectivity index (χ1) is 13.9. The van der Waals surface area contributed by atoms with Crippen LogP contribution in [0.4, 0.5) is 9.18 Å². The minimum atomic E-state index is -3.66. The van der Waals surface area contributed by atoms with Crippen LogP contribution in [-0.4, -0.2) is 68.6 Å². The molecule has 1 saturated heterocycles. The molecule has 7 nitrogen and oxygen atoms in total. The number of likely N-dealkylation sites (N-methyl/N-ethyl adjacent to an activating group) is 1. The molecule has 2 atom stereocenters. The minimum absolute atomic E-state index is 0.0715. The third-order valence-electron chi connectivity index (χ3n) is 5.26. The van der Waals surface area contributed by atoms with E-state index in [1.807, 2.05) is 20.8 Å². The fourth-order valence-electron chi connectivity index (χ4n) is 3.38. The Morgan fingerprint density at radius 2 is 1.83 bits per heavy atom. The lowest BCUT2D eigenvalue weighted by atomic mass is 9.97. The first-order valence-corrected chi connectivity index (χ1v) is 11.8. The van der Waals surface area contributed by atoms with Gasteiger partial charge in [0.05, 0.1) is 4.90 Å². The molecule has 0 bridgehead atoms. The number of sulfonamides is 1. The number of halogens is 1. The van der Waals surface area contributed by atoms with E-state index in [0.717, 1.165) is 25.0 Å². The van der Waals surface area contributed by atoms with Gasteiger partial charge in [-0.25, -0.2) is 17.6 Å². The molecular weight excluding hydrogens is 409 g/mol. The molecule has 0 aliphatic carbocycles. The molecule has 1 aliphatic rings. The number of amides is 1. The van der Waals surface area contributed by atoms with E-state index < -0.39 is 21.4 Å². The second-order valence-corrected chi connectivity index (χ2v) is 10.9. The first-order valence-electron chi connectivity index (χ1n) is 10.3. The highest BCUT2D eigenvalue weighted by molar-refractivity contribution is 7.89. The molecule has 1 amide bonds. The molecular formula is C21H34FN3O4S. The summed E-state index contributed by atoms with van der Waals surface area (Å²) in [5.41, 5.74) is -0.521. The van der Waals surface area contributed by atoms with Crippen LogP contribution in [0.15, 0.2) is 29.2 Å². The van der Waals surface area contributed by atoms with Crippen molar-refractivity contribution in [3.63, 3.8) is 0 Å². The van der Waals surface area contributed by atoms with Gasteiger partial charge in [-0.05, 0) is 63.8 Å². The number of carbonyl (C=O) groups is 1. The van der Waals surface area contributed by atoms with Crippen LogP contribution >= 0.6 is 0 Å². The van der Waals surface area contributed by atoms with Gasteiger partial charge >= 0.3 is 6.09 Å². The monoisotopic (exact) mass is 443 g/mol. The van der Waals surface area contributed by atoms with Crippen LogP contribution in [0.3, 0.4) is 0 Å². The number of carbonyl (C=O) groups excluding carboxylic acids is 1. The Morgan fingerprint density at radius 1 is 1.23 bits per heavy atom. The summed E-state index contributed by atoms with van der Waals surface area (Å²) in [5.74, 6) is -0.127. The van der Waals surface area contributed by atoms with Gasteiger partial charge in [0.1, 0.15) is 11.4 Å². The highest BCUT2D eigenvalue weighted by Gasteiger charge is 2.28. The number of benzene rings is 1. The molecule has 30 heavy (non-hydrogen) atoms. The Balaban J connectivity index is 1.86. The van der Waals surface area contributed by atoms with Crippen LogP contribution in [0, 0.1) is 11.7 Å². The summed E-state index contributed by atoms with van der Waals surface area (Å²) >= 11 is 0. The molecule has 0 radical (unpaired) electrons. The highest BCUT2D eigenvalue weighted by Crippen LogP contribution is 2.20. The Labute approximate surface area is 179 Å². The van der Waals surface area contributed by atoms with E-state index in [9.17, 15) is 17.6 Å². The van der Waals surface area contributed by atoms with Gasteiger partial charge in [0.15, 0.2) is 0 Å². The smallest absolute Gasteiger partial charge is 0.410 e. The fraction of sp³-hybridized carbons (Fsp3) is 0.667. The van der Waals surface area contributed by atoms with Crippen LogP contribution < -0.4 is 5.32 Å². The first kappa shape index (κ1) is 24.6. The lowest BCUT2D eigenvalue weighted by Gasteiger charge is -2.26. The number of nitrogens with one attached hydrogen (secondary N) is 1. The molecule has 1 aromatic rings. The number of nitrogens with zero attached hydrogens (tertiary/aromatic N) is 2. The summed E-state index contributed by atoms with van der Waals surface area (Å²) in [6.45, 7) is 9.71. The summed E-state index contributed by atoms with van der Waals surface area (Å²) in [6, 6.07) is 5.01. The third kappa shape index (κ3) is 6.92. The molecule has 1 fully saturated rings. The summed E-state index contributed by atoms with van der Waals surface area (Å²) < 4.78 is 45.0. The van der Waals surface area contributed by atoms with E-state index in [1.54, 1.807) is 4.90 Å². The topological polar surface area (TPSA) is 79.0 Å². The number of likely N-dealkylation sites (tertiary alicyclic amines) is 1. The second-order valence-electron chi connectivity index (χ2n) is 8.86. The summed E-state index contributed by atoms with van der Waals surface area (Å²) in [4.78, 5) is 14.2. The molecule has 1 heterocycles. The van der Waals surface area contributed by atoms with Crippen molar-refractivity contribution in [2.75, 3.05) is 33.2 Å². The fourth-order valence-corrected chi connectivity index (χ4v) is 4.55. The van der Waals surface area contributed by atoms with E-state index in [1.165, 1.54) is 23.5 Å². The molecule has 0 aromatic heterocycles. The van der Waals surface area contributed by atoms with Crippen molar-refractivity contribution in [3.8, 4) is 0 Å². The molecule has 170 valence electrons. The second kappa shape index (κ2) is 10.1. The SMILES string of the molecule is CC1CCN(C(=O)OC(C)(C)C)CCC1NCCN(C)S(=O)(=O)c1ccc(F)cc1. The Kier molecular flexibility index (Phi) is 8.24. The lowest BCUT2D eigenvalue weighted by Crippen LogP contribution is -2.41. The summed E-state index contributed by atoms with van der Waals surface area (Å²) in [6.07, 6.45) is 1.33. The highest BCUT2D eigenvalue weighted by atomic mass is 32.2. The van der Waals surface area contributed by atoms with E-state index in [4.69, 9.17) is 4.74 Å². The molecule has 2 rings (SSSR count). The van der Waals surface area contributed by atoms with Gasteiger partial charge < -0.3 is 15.0 Å². The van der Waals surface area contributed by atoms with Crippen molar-refractivity contribution >= 4 is 16.1 Å². The zero-order chi connectivity index (χ0) is 22.5. The molecule has 9 heteroatoms. The maximum Gasteiger partial charge on any atom is 0.410 e. The number of hydrogen-bond donors (Lipinski definition) is 1. The zero-order valence-corrected chi connectivity index (χ0v) is 19.3.